The van der Waals surface area contributed by atoms with Crippen LogP contribution < -0.4 is 0 Å². The highest BCUT2D eigenvalue weighted by Gasteiger charge is 2.02. The summed E-state index contributed by atoms with van der Waals surface area (Å²) in [6, 6.07) is 0. The SMILES string of the molecule is C=C1/C=C/CCOC(=O)CCCCCCCC1. The minimum absolute atomic E-state index is 0.0490. The largest absolute Gasteiger partial charge is 0.465 e. The fourth-order valence-electron chi connectivity index (χ4n) is 1.97. The van der Waals surface area contributed by atoms with Gasteiger partial charge >= 0.3 is 5.97 Å². The van der Waals surface area contributed by atoms with Crippen LogP contribution >= 0.6 is 0 Å². The Labute approximate surface area is 105 Å². The van der Waals surface area contributed by atoms with E-state index in [1.807, 2.05) is 0 Å². The van der Waals surface area contributed by atoms with Crippen LogP contribution in [0.4, 0.5) is 0 Å². The highest BCUT2D eigenvalue weighted by atomic mass is 16.5. The zero-order valence-electron chi connectivity index (χ0n) is 10.7. The van der Waals surface area contributed by atoms with Crippen molar-refractivity contribution in [3.63, 3.8) is 0 Å². The number of carbonyl (C=O) groups excluding carboxylic acids is 1. The van der Waals surface area contributed by atoms with E-state index in [9.17, 15) is 4.79 Å². The molecule has 0 amide bonds. The lowest BCUT2D eigenvalue weighted by Gasteiger charge is -2.02. The molecule has 0 bridgehead atoms. The summed E-state index contributed by atoms with van der Waals surface area (Å²) >= 11 is 0. The normalized spacial score (nSPS) is 23.3. The third-order valence-corrected chi connectivity index (χ3v) is 3.03. The van der Waals surface area contributed by atoms with Gasteiger partial charge in [0.25, 0.3) is 0 Å². The number of hydrogen-bond donors (Lipinski definition) is 0. The summed E-state index contributed by atoms with van der Waals surface area (Å²) in [7, 11) is 0. The van der Waals surface area contributed by atoms with Crippen molar-refractivity contribution in [2.45, 2.75) is 57.8 Å². The number of carbonyl (C=O) groups is 1. The minimum Gasteiger partial charge on any atom is -0.465 e. The minimum atomic E-state index is -0.0490. The molecule has 1 aliphatic heterocycles. The van der Waals surface area contributed by atoms with Crippen molar-refractivity contribution in [2.75, 3.05) is 6.61 Å². The van der Waals surface area contributed by atoms with Crippen LogP contribution in [0.15, 0.2) is 24.3 Å². The molecule has 17 heavy (non-hydrogen) atoms. The quantitative estimate of drug-likeness (QED) is 0.590. The van der Waals surface area contributed by atoms with Crippen LogP contribution in [0.2, 0.25) is 0 Å². The van der Waals surface area contributed by atoms with Crippen LogP contribution in [-0.2, 0) is 9.53 Å². The van der Waals surface area contributed by atoms with Crippen LogP contribution in [0, 0.1) is 0 Å². The fourth-order valence-corrected chi connectivity index (χ4v) is 1.97. The van der Waals surface area contributed by atoms with Crippen molar-refractivity contribution in [2.24, 2.45) is 0 Å². The number of hydrogen-bond acceptors (Lipinski definition) is 2. The maximum atomic E-state index is 11.3. The number of allylic oxidation sites excluding steroid dienone is 2. The van der Waals surface area contributed by atoms with Crippen molar-refractivity contribution in [1.29, 1.82) is 0 Å². The molecule has 0 saturated heterocycles. The Morgan fingerprint density at radius 1 is 1.00 bits per heavy atom. The van der Waals surface area contributed by atoms with Gasteiger partial charge in [-0.25, -0.2) is 0 Å². The molecule has 0 radical (unpaired) electrons. The van der Waals surface area contributed by atoms with Gasteiger partial charge in [0.05, 0.1) is 6.61 Å². The first-order valence-corrected chi connectivity index (χ1v) is 6.79. The zero-order valence-corrected chi connectivity index (χ0v) is 10.7. The van der Waals surface area contributed by atoms with Crippen LogP contribution in [0.3, 0.4) is 0 Å². The lowest BCUT2D eigenvalue weighted by atomic mass is 10.1. The molecule has 0 aliphatic carbocycles. The lowest BCUT2D eigenvalue weighted by molar-refractivity contribution is -0.143. The second-order valence-corrected chi connectivity index (χ2v) is 4.69. The Morgan fingerprint density at radius 3 is 2.41 bits per heavy atom. The van der Waals surface area contributed by atoms with Gasteiger partial charge in [-0.05, 0) is 25.7 Å². The molecule has 0 N–H and O–H groups in total. The number of ether oxygens (including phenoxy) is 1. The third kappa shape index (κ3) is 7.78. The lowest BCUT2D eigenvalue weighted by Crippen LogP contribution is -2.04. The Hall–Kier alpha value is -1.05. The van der Waals surface area contributed by atoms with Gasteiger partial charge in [0.2, 0.25) is 0 Å². The van der Waals surface area contributed by atoms with Crippen LogP contribution in [-0.4, -0.2) is 12.6 Å². The van der Waals surface area contributed by atoms with Gasteiger partial charge in [-0.3, -0.25) is 4.79 Å². The summed E-state index contributed by atoms with van der Waals surface area (Å²) in [6.07, 6.45) is 13.7. The third-order valence-electron chi connectivity index (χ3n) is 3.03. The van der Waals surface area contributed by atoms with E-state index < -0.39 is 0 Å². The van der Waals surface area contributed by atoms with E-state index in [-0.39, 0.29) is 5.97 Å². The topological polar surface area (TPSA) is 26.3 Å². The molecule has 1 aliphatic rings. The number of cyclic esters (lactones) is 1. The second-order valence-electron chi connectivity index (χ2n) is 4.69. The Balaban J connectivity index is 2.32. The van der Waals surface area contributed by atoms with E-state index in [1.54, 1.807) is 0 Å². The van der Waals surface area contributed by atoms with E-state index in [1.165, 1.54) is 31.3 Å². The zero-order chi connectivity index (χ0) is 12.3. The summed E-state index contributed by atoms with van der Waals surface area (Å²) in [5.74, 6) is -0.0490. The van der Waals surface area contributed by atoms with Crippen molar-refractivity contribution >= 4 is 5.97 Å². The summed E-state index contributed by atoms with van der Waals surface area (Å²) in [4.78, 5) is 11.3. The van der Waals surface area contributed by atoms with Crippen molar-refractivity contribution in [1.82, 2.24) is 0 Å². The molecule has 0 atom stereocenters. The van der Waals surface area contributed by atoms with Gasteiger partial charge < -0.3 is 4.74 Å². The molecule has 0 spiro atoms. The highest BCUT2D eigenvalue weighted by Crippen LogP contribution is 2.13. The molecule has 0 fully saturated rings. The first kappa shape index (κ1) is 14.0. The average molecular weight is 236 g/mol. The van der Waals surface area contributed by atoms with E-state index >= 15 is 0 Å². The second kappa shape index (κ2) is 9.03. The molecular formula is C15H24O2. The molecule has 0 saturated carbocycles. The van der Waals surface area contributed by atoms with Gasteiger partial charge in [-0.2, -0.15) is 0 Å². The summed E-state index contributed by atoms with van der Waals surface area (Å²) in [5.41, 5.74) is 1.19. The molecule has 0 unspecified atom stereocenters. The number of esters is 1. The Bertz CT molecular complexity index is 266. The van der Waals surface area contributed by atoms with Crippen LogP contribution in [0.25, 0.3) is 0 Å². The average Bonchev–Trinajstić information content (AvgIpc) is 2.31. The molecular weight excluding hydrogens is 212 g/mol. The molecule has 0 aromatic carbocycles. The predicted octanol–water partition coefficient (Wildman–Crippen LogP) is 4.17. The van der Waals surface area contributed by atoms with Gasteiger partial charge in [-0.15, -0.1) is 0 Å². The predicted molar refractivity (Wildman–Crippen MR) is 70.8 cm³/mol. The van der Waals surface area contributed by atoms with E-state index in [2.05, 4.69) is 18.7 Å². The molecule has 1 rings (SSSR count). The maximum Gasteiger partial charge on any atom is 0.305 e. The molecule has 2 nitrogen and oxygen atoms in total. The fraction of sp³-hybridized carbons (Fsp3) is 0.667. The van der Waals surface area contributed by atoms with Gasteiger partial charge in [-0.1, -0.05) is 50.0 Å². The molecule has 0 aromatic rings. The monoisotopic (exact) mass is 236 g/mol. The molecule has 2 heteroatoms. The van der Waals surface area contributed by atoms with E-state index in [0.29, 0.717) is 13.0 Å². The summed E-state index contributed by atoms with van der Waals surface area (Å²) < 4.78 is 5.13. The summed E-state index contributed by atoms with van der Waals surface area (Å²) in [5, 5.41) is 0. The van der Waals surface area contributed by atoms with Crippen LogP contribution in [0.5, 0.6) is 0 Å². The number of rotatable bonds is 0. The van der Waals surface area contributed by atoms with Crippen molar-refractivity contribution in [3.8, 4) is 0 Å². The Kier molecular flexibility index (Phi) is 7.44. The maximum absolute atomic E-state index is 11.3. The molecule has 1 heterocycles. The molecule has 96 valence electrons. The highest BCUT2D eigenvalue weighted by molar-refractivity contribution is 5.69. The standard InChI is InChI=1S/C15H24O2/c1-14-10-6-4-2-3-5-7-12-15(16)17-13-9-8-11-14/h8,11H,1-7,9-10,12-13H2/b11-8+. The smallest absolute Gasteiger partial charge is 0.305 e. The van der Waals surface area contributed by atoms with Gasteiger partial charge in [0.15, 0.2) is 0 Å². The first-order valence-electron chi connectivity index (χ1n) is 6.79. The first-order chi connectivity index (χ1) is 8.29. The van der Waals surface area contributed by atoms with E-state index in [0.717, 1.165) is 25.7 Å². The Morgan fingerprint density at radius 2 is 1.65 bits per heavy atom. The summed E-state index contributed by atoms with van der Waals surface area (Å²) in [6.45, 7) is 4.53. The van der Waals surface area contributed by atoms with E-state index in [4.69, 9.17) is 4.74 Å². The van der Waals surface area contributed by atoms with Crippen LogP contribution in [0.1, 0.15) is 57.8 Å². The van der Waals surface area contributed by atoms with Crippen molar-refractivity contribution in [3.05, 3.63) is 24.3 Å². The van der Waals surface area contributed by atoms with Crippen molar-refractivity contribution < 1.29 is 9.53 Å². The van der Waals surface area contributed by atoms with Gasteiger partial charge in [0.1, 0.15) is 0 Å². The molecule has 0 aromatic heterocycles. The van der Waals surface area contributed by atoms with Gasteiger partial charge in [0, 0.05) is 6.42 Å².